The van der Waals surface area contributed by atoms with Gasteiger partial charge >= 0.3 is 0 Å². The van der Waals surface area contributed by atoms with Crippen molar-refractivity contribution >= 4 is 38.3 Å². The largest absolute Gasteiger partial charge is 0.325 e. The molecule has 2 aromatic rings. The summed E-state index contributed by atoms with van der Waals surface area (Å²) in [6, 6.07) is 18.5. The molecular weight excluding hydrogens is 398 g/mol. The second-order valence-corrected chi connectivity index (χ2v) is 10.4. The SMILES string of the molecule is C[N+](C)(CCCS(=O)(=O)O)Cc1ccc(CSC(=S)c2ccccc2)cc1. The number of nitrogens with zero attached hydrogens (tertiary/aromatic N) is 1. The predicted molar refractivity (Wildman–Crippen MR) is 118 cm³/mol. The normalized spacial score (nSPS) is 12.1. The molecule has 0 saturated heterocycles. The van der Waals surface area contributed by atoms with E-state index in [4.69, 9.17) is 16.8 Å². The molecule has 7 heteroatoms. The van der Waals surface area contributed by atoms with Gasteiger partial charge in [0, 0.05) is 17.7 Å². The maximum absolute atomic E-state index is 10.9. The minimum atomic E-state index is -3.88. The lowest BCUT2D eigenvalue weighted by Crippen LogP contribution is -2.40. The topological polar surface area (TPSA) is 54.4 Å². The smallest absolute Gasteiger partial charge is 0.265 e. The number of benzene rings is 2. The first-order valence-electron chi connectivity index (χ1n) is 8.72. The number of hydrogen-bond acceptors (Lipinski definition) is 4. The summed E-state index contributed by atoms with van der Waals surface area (Å²) in [4.78, 5) is 0. The van der Waals surface area contributed by atoms with Gasteiger partial charge in [-0.05, 0) is 11.1 Å². The van der Waals surface area contributed by atoms with Crippen LogP contribution >= 0.6 is 24.0 Å². The molecule has 0 aliphatic carbocycles. The summed E-state index contributed by atoms with van der Waals surface area (Å²) in [5.74, 6) is 0.646. The van der Waals surface area contributed by atoms with Gasteiger partial charge < -0.3 is 4.48 Å². The minimum Gasteiger partial charge on any atom is -0.325 e. The molecule has 0 atom stereocenters. The fourth-order valence-corrected chi connectivity index (χ4v) is 4.40. The summed E-state index contributed by atoms with van der Waals surface area (Å²) in [5, 5.41) is 0. The molecule has 0 aliphatic rings. The first-order chi connectivity index (χ1) is 12.6. The van der Waals surface area contributed by atoms with E-state index in [1.165, 1.54) is 11.1 Å². The van der Waals surface area contributed by atoms with Crippen LogP contribution in [-0.4, -0.2) is 48.0 Å². The van der Waals surface area contributed by atoms with Gasteiger partial charge in [-0.2, -0.15) is 8.42 Å². The summed E-state index contributed by atoms with van der Waals surface area (Å²) in [6.07, 6.45) is 0.442. The van der Waals surface area contributed by atoms with Gasteiger partial charge in [0.1, 0.15) is 6.54 Å². The van der Waals surface area contributed by atoms with Gasteiger partial charge in [-0.15, -0.1) is 11.8 Å². The van der Waals surface area contributed by atoms with E-state index in [9.17, 15) is 8.42 Å². The van der Waals surface area contributed by atoms with Crippen molar-refractivity contribution in [1.29, 1.82) is 0 Å². The molecule has 0 unspecified atom stereocenters. The molecule has 0 bridgehead atoms. The average Bonchev–Trinajstić information content (AvgIpc) is 2.60. The molecular formula is C20H26NO3S3+. The molecule has 0 spiro atoms. The molecule has 0 amide bonds. The van der Waals surface area contributed by atoms with Crippen LogP contribution in [0.1, 0.15) is 23.1 Å². The van der Waals surface area contributed by atoms with Crippen LogP contribution in [0.5, 0.6) is 0 Å². The zero-order valence-corrected chi connectivity index (χ0v) is 18.1. The first-order valence-corrected chi connectivity index (χ1v) is 11.7. The summed E-state index contributed by atoms with van der Waals surface area (Å²) >= 11 is 7.15. The second kappa shape index (κ2) is 9.80. The predicted octanol–water partition coefficient (Wildman–Crippen LogP) is 4.15. The lowest BCUT2D eigenvalue weighted by atomic mass is 10.1. The minimum absolute atomic E-state index is 0.188. The van der Waals surface area contributed by atoms with Crippen LogP contribution < -0.4 is 0 Å². The molecule has 0 radical (unpaired) electrons. The van der Waals surface area contributed by atoms with E-state index in [1.807, 2.05) is 30.3 Å². The van der Waals surface area contributed by atoms with Gasteiger partial charge in [-0.3, -0.25) is 4.55 Å². The third-order valence-corrected chi connectivity index (χ3v) is 6.55. The van der Waals surface area contributed by atoms with Crippen molar-refractivity contribution < 1.29 is 17.5 Å². The van der Waals surface area contributed by atoms with Gasteiger partial charge in [0.05, 0.1) is 30.6 Å². The van der Waals surface area contributed by atoms with Crippen molar-refractivity contribution in [2.75, 3.05) is 26.4 Å². The molecule has 1 N–H and O–H groups in total. The molecule has 146 valence electrons. The zero-order valence-electron chi connectivity index (χ0n) is 15.7. The number of thiocarbonyl (C=S) groups is 1. The third kappa shape index (κ3) is 8.53. The lowest BCUT2D eigenvalue weighted by Gasteiger charge is -2.29. The van der Waals surface area contributed by atoms with Crippen LogP contribution in [0.2, 0.25) is 0 Å². The van der Waals surface area contributed by atoms with Crippen LogP contribution in [0.25, 0.3) is 0 Å². The molecule has 4 nitrogen and oxygen atoms in total. The van der Waals surface area contributed by atoms with Crippen molar-refractivity contribution in [3.05, 3.63) is 71.3 Å². The highest BCUT2D eigenvalue weighted by atomic mass is 32.2. The molecule has 0 aromatic heterocycles. The van der Waals surface area contributed by atoms with E-state index >= 15 is 0 Å². The van der Waals surface area contributed by atoms with Gasteiger partial charge in [0.25, 0.3) is 10.1 Å². The Labute approximate surface area is 171 Å². The highest BCUT2D eigenvalue weighted by Gasteiger charge is 2.17. The van der Waals surface area contributed by atoms with Crippen molar-refractivity contribution in [2.45, 2.75) is 18.7 Å². The lowest BCUT2D eigenvalue weighted by molar-refractivity contribution is -0.903. The number of quaternary nitrogens is 1. The quantitative estimate of drug-likeness (QED) is 0.372. The number of hydrogen-bond donors (Lipinski definition) is 1. The molecule has 2 rings (SSSR count). The second-order valence-electron chi connectivity index (χ2n) is 7.22. The Balaban J connectivity index is 1.84. The monoisotopic (exact) mass is 424 g/mol. The van der Waals surface area contributed by atoms with Crippen molar-refractivity contribution in [3.63, 3.8) is 0 Å². The highest BCUT2D eigenvalue weighted by Crippen LogP contribution is 2.20. The molecule has 0 heterocycles. The van der Waals surface area contributed by atoms with E-state index in [1.54, 1.807) is 11.8 Å². The van der Waals surface area contributed by atoms with E-state index < -0.39 is 10.1 Å². The van der Waals surface area contributed by atoms with Crippen molar-refractivity contribution in [1.82, 2.24) is 0 Å². The fourth-order valence-electron chi connectivity index (χ4n) is 2.80. The Kier molecular flexibility index (Phi) is 8.00. The Hall–Kier alpha value is -1.25. The Morgan fingerprint density at radius 2 is 1.63 bits per heavy atom. The third-order valence-electron chi connectivity index (χ3n) is 4.18. The van der Waals surface area contributed by atoms with Crippen LogP contribution in [-0.2, 0) is 22.4 Å². The maximum Gasteiger partial charge on any atom is 0.265 e. The summed E-state index contributed by atoms with van der Waals surface area (Å²) in [7, 11) is 0.242. The molecule has 0 aliphatic heterocycles. The average molecular weight is 425 g/mol. The highest BCUT2D eigenvalue weighted by molar-refractivity contribution is 8.23. The van der Waals surface area contributed by atoms with Crippen LogP contribution in [0.3, 0.4) is 0 Å². The van der Waals surface area contributed by atoms with Gasteiger partial charge in [-0.25, -0.2) is 0 Å². The Bertz CT molecular complexity index is 848. The van der Waals surface area contributed by atoms with Gasteiger partial charge in [0.2, 0.25) is 0 Å². The first kappa shape index (κ1) is 22.0. The maximum atomic E-state index is 10.9. The van der Waals surface area contributed by atoms with E-state index in [0.717, 1.165) is 22.1 Å². The standard InChI is InChI=1S/C20H25NO3S3/c1-21(2,13-6-14-27(22,23)24)15-17-9-11-18(12-10-17)16-26-20(25)19-7-4-3-5-8-19/h3-5,7-12H,6,13-16H2,1-2H3/p+1. The summed E-state index contributed by atoms with van der Waals surface area (Å²) in [6.45, 7) is 1.49. The van der Waals surface area contributed by atoms with Crippen LogP contribution in [0.4, 0.5) is 0 Å². The summed E-state index contributed by atoms with van der Waals surface area (Å²) < 4.78 is 32.1. The van der Waals surface area contributed by atoms with E-state index in [-0.39, 0.29) is 5.75 Å². The Morgan fingerprint density at radius 3 is 2.22 bits per heavy atom. The van der Waals surface area contributed by atoms with Gasteiger partial charge in [-0.1, -0.05) is 66.8 Å². The van der Waals surface area contributed by atoms with Crippen molar-refractivity contribution in [2.24, 2.45) is 0 Å². The molecule has 27 heavy (non-hydrogen) atoms. The zero-order chi connectivity index (χ0) is 19.9. The van der Waals surface area contributed by atoms with Crippen LogP contribution in [0.15, 0.2) is 54.6 Å². The molecule has 2 aromatic carbocycles. The van der Waals surface area contributed by atoms with Gasteiger partial charge in [0.15, 0.2) is 0 Å². The molecule has 0 saturated carbocycles. The van der Waals surface area contributed by atoms with Crippen molar-refractivity contribution in [3.8, 4) is 0 Å². The summed E-state index contributed by atoms with van der Waals surface area (Å²) in [5.41, 5.74) is 3.50. The molecule has 0 fully saturated rings. The Morgan fingerprint density at radius 1 is 1.04 bits per heavy atom. The van der Waals surface area contributed by atoms with E-state index in [0.29, 0.717) is 17.4 Å². The van der Waals surface area contributed by atoms with E-state index in [2.05, 4.69) is 38.4 Å². The van der Waals surface area contributed by atoms with Crippen LogP contribution in [0, 0.1) is 0 Å². The number of thioether (sulfide) groups is 1. The number of rotatable bonds is 9. The fraction of sp³-hybridized carbons (Fsp3) is 0.350.